The fourth-order valence-electron chi connectivity index (χ4n) is 3.97. The lowest BCUT2D eigenvalue weighted by Crippen LogP contribution is -2.43. The Morgan fingerprint density at radius 3 is 2.94 bits per heavy atom. The summed E-state index contributed by atoms with van der Waals surface area (Å²) in [7, 11) is 0. The van der Waals surface area contributed by atoms with Gasteiger partial charge in [-0.3, -0.25) is 9.59 Å². The van der Waals surface area contributed by atoms with Crippen LogP contribution in [0.5, 0.6) is 5.75 Å². The van der Waals surface area contributed by atoms with E-state index >= 15 is 0 Å². The zero-order valence-electron chi connectivity index (χ0n) is 17.7. The van der Waals surface area contributed by atoms with Crippen LogP contribution in [0.3, 0.4) is 0 Å². The van der Waals surface area contributed by atoms with Crippen molar-refractivity contribution in [2.24, 2.45) is 0 Å². The summed E-state index contributed by atoms with van der Waals surface area (Å²) in [6, 6.07) is 12.8. The Labute approximate surface area is 195 Å². The van der Waals surface area contributed by atoms with Gasteiger partial charge < -0.3 is 19.6 Å². The number of halogens is 1. The predicted octanol–water partition coefficient (Wildman–Crippen LogP) is 4.08. The van der Waals surface area contributed by atoms with E-state index < -0.39 is 5.97 Å². The van der Waals surface area contributed by atoms with E-state index in [0.29, 0.717) is 29.5 Å². The first-order valence-corrected chi connectivity index (χ1v) is 11.6. The van der Waals surface area contributed by atoms with E-state index in [0.717, 1.165) is 34.9 Å². The number of hydrogen-bond donors (Lipinski definition) is 1. The number of carboxylic acids is 1. The summed E-state index contributed by atoms with van der Waals surface area (Å²) >= 11 is 7.71. The number of benzene rings is 2. The molecule has 7 nitrogen and oxygen atoms in total. The van der Waals surface area contributed by atoms with Gasteiger partial charge in [0.25, 0.3) is 0 Å². The first kappa shape index (κ1) is 22.4. The zero-order chi connectivity index (χ0) is 22.7. The molecule has 1 aromatic heterocycles. The second-order valence-electron chi connectivity index (χ2n) is 7.78. The van der Waals surface area contributed by atoms with Gasteiger partial charge in [0.1, 0.15) is 12.4 Å². The highest BCUT2D eigenvalue weighted by molar-refractivity contribution is 7.22. The summed E-state index contributed by atoms with van der Waals surface area (Å²) in [6.45, 7) is 3.94. The van der Waals surface area contributed by atoms with Crippen molar-refractivity contribution in [3.63, 3.8) is 0 Å². The van der Waals surface area contributed by atoms with Crippen molar-refractivity contribution in [2.45, 2.75) is 25.8 Å². The summed E-state index contributed by atoms with van der Waals surface area (Å²) in [5, 5.41) is 10.6. The fraction of sp³-hybridized carbons (Fsp3) is 0.348. The Morgan fingerprint density at radius 1 is 1.31 bits per heavy atom. The van der Waals surface area contributed by atoms with Crippen molar-refractivity contribution in [3.05, 3.63) is 53.1 Å². The number of rotatable bonds is 8. The van der Waals surface area contributed by atoms with Crippen molar-refractivity contribution in [1.82, 2.24) is 9.88 Å². The highest BCUT2D eigenvalue weighted by Crippen LogP contribution is 2.33. The summed E-state index contributed by atoms with van der Waals surface area (Å²) in [5.41, 5.74) is 1.61. The molecule has 2 heterocycles. The Hall–Kier alpha value is -2.84. The molecular formula is C23H24ClN3O4S. The quantitative estimate of drug-likeness (QED) is 0.530. The van der Waals surface area contributed by atoms with Crippen molar-refractivity contribution < 1.29 is 19.4 Å². The van der Waals surface area contributed by atoms with Crippen LogP contribution >= 0.6 is 22.9 Å². The number of aliphatic carboxylic acids is 1. The molecule has 1 fully saturated rings. The van der Waals surface area contributed by atoms with Gasteiger partial charge in [0, 0.05) is 25.0 Å². The molecule has 1 N–H and O–H groups in total. The largest absolute Gasteiger partial charge is 0.492 e. The number of anilines is 1. The second-order valence-corrected chi connectivity index (χ2v) is 9.22. The standard InChI is InChI=1S/C23H24ClN3O4S/c1-15(28)27(9-10-31-19-4-2-3-16(11-19)12-22(29)30)18-7-8-26(14-18)23-25-20-6-5-17(24)13-21(20)32-23/h2-6,11,13,18H,7-10,12,14H2,1H3,(H,29,30). The Morgan fingerprint density at radius 2 is 2.16 bits per heavy atom. The van der Waals surface area contributed by atoms with Gasteiger partial charge in [-0.25, -0.2) is 4.98 Å². The van der Waals surface area contributed by atoms with Crippen LogP contribution in [0.25, 0.3) is 10.2 Å². The van der Waals surface area contributed by atoms with Gasteiger partial charge in [0.15, 0.2) is 5.13 Å². The van der Waals surface area contributed by atoms with Gasteiger partial charge in [0.2, 0.25) is 5.91 Å². The van der Waals surface area contributed by atoms with E-state index in [4.69, 9.17) is 26.4 Å². The minimum absolute atomic E-state index is 0.0103. The maximum atomic E-state index is 12.3. The molecule has 1 atom stereocenters. The number of ether oxygens (including phenoxy) is 1. The molecule has 0 aliphatic carbocycles. The zero-order valence-corrected chi connectivity index (χ0v) is 19.2. The van der Waals surface area contributed by atoms with Crippen molar-refractivity contribution in [2.75, 3.05) is 31.1 Å². The topological polar surface area (TPSA) is 83.0 Å². The van der Waals surface area contributed by atoms with Gasteiger partial charge in [-0.05, 0) is 42.3 Å². The predicted molar refractivity (Wildman–Crippen MR) is 126 cm³/mol. The number of fused-ring (bicyclic) bond motifs is 1. The third-order valence-electron chi connectivity index (χ3n) is 5.47. The van der Waals surface area contributed by atoms with Crippen LogP contribution in [0.15, 0.2) is 42.5 Å². The number of amides is 1. The van der Waals surface area contributed by atoms with E-state index in [-0.39, 0.29) is 18.4 Å². The lowest BCUT2D eigenvalue weighted by Gasteiger charge is -2.28. The van der Waals surface area contributed by atoms with E-state index in [1.165, 1.54) is 0 Å². The molecule has 168 valence electrons. The van der Waals surface area contributed by atoms with Crippen molar-refractivity contribution in [1.29, 1.82) is 0 Å². The maximum absolute atomic E-state index is 12.3. The third kappa shape index (κ3) is 5.31. The van der Waals surface area contributed by atoms with Crippen LogP contribution in [-0.4, -0.2) is 59.1 Å². The van der Waals surface area contributed by atoms with Crippen LogP contribution in [0.2, 0.25) is 5.02 Å². The van der Waals surface area contributed by atoms with Crippen molar-refractivity contribution in [3.8, 4) is 5.75 Å². The summed E-state index contributed by atoms with van der Waals surface area (Å²) in [5.74, 6) is -0.267. The Balaban J connectivity index is 1.36. The van der Waals surface area contributed by atoms with E-state index in [1.807, 2.05) is 23.1 Å². The van der Waals surface area contributed by atoms with Crippen LogP contribution in [-0.2, 0) is 16.0 Å². The van der Waals surface area contributed by atoms with Crippen LogP contribution in [0.4, 0.5) is 5.13 Å². The lowest BCUT2D eigenvalue weighted by atomic mass is 10.1. The number of nitrogens with zero attached hydrogens (tertiary/aromatic N) is 3. The second kappa shape index (κ2) is 9.75. The number of hydrogen-bond acceptors (Lipinski definition) is 6. The van der Waals surface area contributed by atoms with E-state index in [2.05, 4.69) is 4.90 Å². The molecule has 2 aromatic carbocycles. The number of thiazole rings is 1. The summed E-state index contributed by atoms with van der Waals surface area (Å²) in [4.78, 5) is 32.0. The van der Waals surface area contributed by atoms with Crippen LogP contribution in [0.1, 0.15) is 18.9 Å². The smallest absolute Gasteiger partial charge is 0.307 e. The molecule has 1 aliphatic rings. The molecule has 0 spiro atoms. The first-order chi connectivity index (χ1) is 15.4. The average Bonchev–Trinajstić information content (AvgIpc) is 3.37. The van der Waals surface area contributed by atoms with Crippen LogP contribution < -0.4 is 9.64 Å². The Bertz CT molecular complexity index is 1140. The van der Waals surface area contributed by atoms with Gasteiger partial charge in [-0.2, -0.15) is 0 Å². The molecule has 0 saturated carbocycles. The molecule has 32 heavy (non-hydrogen) atoms. The third-order valence-corrected chi connectivity index (χ3v) is 6.79. The summed E-state index contributed by atoms with van der Waals surface area (Å²) < 4.78 is 6.86. The molecule has 1 amide bonds. The molecule has 0 bridgehead atoms. The molecule has 4 rings (SSSR count). The van der Waals surface area contributed by atoms with E-state index in [1.54, 1.807) is 42.5 Å². The van der Waals surface area contributed by atoms with Crippen molar-refractivity contribution >= 4 is 50.2 Å². The normalized spacial score (nSPS) is 15.8. The van der Waals surface area contributed by atoms with Crippen LogP contribution in [0, 0.1) is 0 Å². The molecule has 1 unspecified atom stereocenters. The molecule has 0 radical (unpaired) electrons. The summed E-state index contributed by atoms with van der Waals surface area (Å²) in [6.07, 6.45) is 0.816. The Kier molecular flexibility index (Phi) is 6.81. The maximum Gasteiger partial charge on any atom is 0.307 e. The molecule has 9 heteroatoms. The number of carbonyl (C=O) groups is 2. The minimum Gasteiger partial charge on any atom is -0.492 e. The molecule has 1 saturated heterocycles. The van der Waals surface area contributed by atoms with Gasteiger partial charge in [-0.1, -0.05) is 35.1 Å². The SMILES string of the molecule is CC(=O)N(CCOc1cccc(CC(=O)O)c1)C1CCN(c2nc3ccc(Cl)cc3s2)C1. The molecule has 3 aromatic rings. The van der Waals surface area contributed by atoms with Gasteiger partial charge in [-0.15, -0.1) is 0 Å². The lowest BCUT2D eigenvalue weighted by molar-refractivity contribution is -0.136. The number of carboxylic acid groups (broad SMARTS) is 1. The number of carbonyl (C=O) groups excluding carboxylic acids is 1. The van der Waals surface area contributed by atoms with Gasteiger partial charge in [0.05, 0.1) is 29.2 Å². The highest BCUT2D eigenvalue weighted by Gasteiger charge is 2.30. The first-order valence-electron chi connectivity index (χ1n) is 10.4. The van der Waals surface area contributed by atoms with Gasteiger partial charge >= 0.3 is 5.97 Å². The highest BCUT2D eigenvalue weighted by atomic mass is 35.5. The monoisotopic (exact) mass is 473 g/mol. The fourth-order valence-corrected chi connectivity index (χ4v) is 5.25. The minimum atomic E-state index is -0.882. The molecule has 1 aliphatic heterocycles. The number of aromatic nitrogens is 1. The average molecular weight is 474 g/mol. The van der Waals surface area contributed by atoms with E-state index in [9.17, 15) is 9.59 Å². The molecular weight excluding hydrogens is 450 g/mol.